The molecule has 0 spiro atoms. The Hall–Kier alpha value is -4.21. The highest BCUT2D eigenvalue weighted by Crippen LogP contribution is 2.19. The summed E-state index contributed by atoms with van der Waals surface area (Å²) in [5.41, 5.74) is 3.06. The van der Waals surface area contributed by atoms with Crippen molar-refractivity contribution in [2.24, 2.45) is 5.92 Å². The second-order valence-electron chi connectivity index (χ2n) is 11.5. The Morgan fingerprint density at radius 1 is 0.930 bits per heavy atom. The van der Waals surface area contributed by atoms with Gasteiger partial charge >= 0.3 is 0 Å². The molecular weight excluding hydrogens is 542 g/mol. The molecular formula is C34H43N5O4. The maximum Gasteiger partial charge on any atom is 0.251 e. The lowest BCUT2D eigenvalue weighted by Gasteiger charge is -2.38. The molecule has 228 valence electrons. The minimum absolute atomic E-state index is 0.177. The van der Waals surface area contributed by atoms with Crippen LogP contribution in [0.1, 0.15) is 58.7 Å². The lowest BCUT2D eigenvalue weighted by atomic mass is 9.93. The van der Waals surface area contributed by atoms with Gasteiger partial charge in [0.25, 0.3) is 11.8 Å². The van der Waals surface area contributed by atoms with Crippen molar-refractivity contribution in [3.05, 3.63) is 101 Å². The van der Waals surface area contributed by atoms with Crippen LogP contribution in [0.15, 0.2) is 78.9 Å². The molecule has 4 rings (SSSR count). The molecule has 9 heteroatoms. The van der Waals surface area contributed by atoms with Gasteiger partial charge in [-0.25, -0.2) is 0 Å². The molecule has 0 aliphatic carbocycles. The molecule has 0 bridgehead atoms. The van der Waals surface area contributed by atoms with Gasteiger partial charge in [-0.1, -0.05) is 74.5 Å². The van der Waals surface area contributed by atoms with Gasteiger partial charge in [0.2, 0.25) is 5.91 Å². The van der Waals surface area contributed by atoms with Crippen molar-refractivity contribution < 1.29 is 19.5 Å². The first-order valence-electron chi connectivity index (χ1n) is 14.9. The minimum Gasteiger partial charge on any atom is -0.389 e. The summed E-state index contributed by atoms with van der Waals surface area (Å²) in [6, 6.07) is 22.2. The average Bonchev–Trinajstić information content (AvgIpc) is 3.01. The smallest absolute Gasteiger partial charge is 0.251 e. The molecule has 9 nitrogen and oxygen atoms in total. The zero-order valence-electron chi connectivity index (χ0n) is 25.3. The van der Waals surface area contributed by atoms with Gasteiger partial charge in [-0.15, -0.1) is 0 Å². The number of carbonyl (C=O) groups is 3. The third-order valence-corrected chi connectivity index (χ3v) is 7.67. The molecule has 1 heterocycles. The summed E-state index contributed by atoms with van der Waals surface area (Å²) >= 11 is 0. The number of nitrogens with zero attached hydrogens (tertiary/aromatic N) is 1. The molecule has 1 aliphatic heterocycles. The van der Waals surface area contributed by atoms with Crippen LogP contribution in [0.25, 0.3) is 0 Å². The van der Waals surface area contributed by atoms with Crippen molar-refractivity contribution in [3.8, 4) is 0 Å². The summed E-state index contributed by atoms with van der Waals surface area (Å²) in [5.74, 6) is -0.653. The van der Waals surface area contributed by atoms with Crippen LogP contribution < -0.4 is 21.3 Å². The molecule has 0 radical (unpaired) electrons. The van der Waals surface area contributed by atoms with Crippen molar-refractivity contribution in [3.63, 3.8) is 0 Å². The predicted molar refractivity (Wildman–Crippen MR) is 169 cm³/mol. The zero-order valence-corrected chi connectivity index (χ0v) is 25.3. The SMILES string of the molecule is CNc1cc(C(=O)N[C@@H](Cc2ccccc2)[C@H](O)[C@@H]2NCCN(CC(C)C)C2=O)cc(C(=O)N[C@H](C)c2ccccc2)c1. The molecule has 4 atom stereocenters. The number of hydrogen-bond acceptors (Lipinski definition) is 6. The molecule has 0 aromatic heterocycles. The summed E-state index contributed by atoms with van der Waals surface area (Å²) in [7, 11) is 1.72. The summed E-state index contributed by atoms with van der Waals surface area (Å²) in [5, 5.41) is 23.7. The fourth-order valence-electron chi connectivity index (χ4n) is 5.39. The van der Waals surface area contributed by atoms with E-state index in [9.17, 15) is 19.5 Å². The number of carbonyl (C=O) groups excluding carboxylic acids is 3. The molecule has 3 aromatic rings. The van der Waals surface area contributed by atoms with Crippen molar-refractivity contribution in [2.45, 2.75) is 51.4 Å². The van der Waals surface area contributed by atoms with Gasteiger partial charge < -0.3 is 31.3 Å². The molecule has 3 amide bonds. The fourth-order valence-corrected chi connectivity index (χ4v) is 5.39. The lowest BCUT2D eigenvalue weighted by molar-refractivity contribution is -0.140. The van der Waals surface area contributed by atoms with Crippen molar-refractivity contribution in [2.75, 3.05) is 32.0 Å². The van der Waals surface area contributed by atoms with Crippen molar-refractivity contribution in [1.29, 1.82) is 0 Å². The van der Waals surface area contributed by atoms with E-state index >= 15 is 0 Å². The monoisotopic (exact) mass is 585 g/mol. The molecule has 3 aromatic carbocycles. The van der Waals surface area contributed by atoms with Gasteiger partial charge in [-0.05, 0) is 48.6 Å². The van der Waals surface area contributed by atoms with E-state index in [0.717, 1.165) is 11.1 Å². The van der Waals surface area contributed by atoms with E-state index in [-0.39, 0.29) is 23.4 Å². The third-order valence-electron chi connectivity index (χ3n) is 7.67. The number of benzene rings is 3. The average molecular weight is 586 g/mol. The number of anilines is 1. The van der Waals surface area contributed by atoms with E-state index in [1.165, 1.54) is 0 Å². The van der Waals surface area contributed by atoms with Crippen LogP contribution in [-0.2, 0) is 11.2 Å². The van der Waals surface area contributed by atoms with Crippen molar-refractivity contribution >= 4 is 23.4 Å². The standard InChI is InChI=1S/C34H43N5O4/c1-22(2)21-39-16-15-36-30(34(39)43)31(40)29(17-24-11-7-5-8-12-24)38-33(42)27-18-26(19-28(20-27)35-4)32(41)37-23(3)25-13-9-6-10-14-25/h5-14,18-20,22-23,29-31,35-36,40H,15-17,21H2,1-4H3,(H,37,41)(H,38,42)/t23-,29+,30+,31+/m1/s1. The number of aliphatic hydroxyl groups excluding tert-OH is 1. The van der Waals surface area contributed by atoms with Crippen LogP contribution >= 0.6 is 0 Å². The first-order valence-corrected chi connectivity index (χ1v) is 14.9. The normalized spacial score (nSPS) is 17.2. The predicted octanol–water partition coefficient (Wildman–Crippen LogP) is 3.38. The molecule has 5 N–H and O–H groups in total. The Labute approximate surface area is 254 Å². The maximum absolute atomic E-state index is 13.7. The van der Waals surface area contributed by atoms with Gasteiger partial charge in [0.05, 0.1) is 18.2 Å². The molecule has 1 saturated heterocycles. The number of rotatable bonds is 12. The number of hydrogen-bond donors (Lipinski definition) is 5. The Morgan fingerprint density at radius 3 is 2.14 bits per heavy atom. The van der Waals surface area contributed by atoms with E-state index in [1.807, 2.05) is 67.6 Å². The van der Waals surface area contributed by atoms with Crippen LogP contribution in [-0.4, -0.2) is 72.6 Å². The van der Waals surface area contributed by atoms with Crippen LogP contribution in [0.5, 0.6) is 0 Å². The fraction of sp³-hybridized carbons (Fsp3) is 0.382. The lowest BCUT2D eigenvalue weighted by Crippen LogP contribution is -2.64. The first kappa shape index (κ1) is 31.7. The van der Waals surface area contributed by atoms with Gasteiger partial charge in [-0.2, -0.15) is 0 Å². The molecule has 1 aliphatic rings. The van der Waals surface area contributed by atoms with Crippen molar-refractivity contribution in [1.82, 2.24) is 20.9 Å². The minimum atomic E-state index is -1.19. The highest BCUT2D eigenvalue weighted by molar-refractivity contribution is 6.01. The molecule has 0 unspecified atom stereocenters. The van der Waals surface area contributed by atoms with E-state index in [4.69, 9.17) is 0 Å². The van der Waals surface area contributed by atoms with Crippen LogP contribution in [0, 0.1) is 5.92 Å². The summed E-state index contributed by atoms with van der Waals surface area (Å²) in [6.45, 7) is 7.73. The van der Waals surface area contributed by atoms with E-state index in [0.29, 0.717) is 43.2 Å². The third kappa shape index (κ3) is 8.43. The zero-order chi connectivity index (χ0) is 30.9. The largest absolute Gasteiger partial charge is 0.389 e. The van der Waals surface area contributed by atoms with Gasteiger partial charge in [0.1, 0.15) is 6.04 Å². The Morgan fingerprint density at radius 2 is 1.53 bits per heavy atom. The quantitative estimate of drug-likeness (QED) is 0.222. The first-order chi connectivity index (χ1) is 20.7. The highest BCUT2D eigenvalue weighted by atomic mass is 16.3. The van der Waals surface area contributed by atoms with E-state index in [2.05, 4.69) is 35.1 Å². The van der Waals surface area contributed by atoms with Gasteiger partial charge in [0.15, 0.2) is 0 Å². The second kappa shape index (κ2) is 14.8. The number of nitrogens with one attached hydrogen (secondary N) is 4. The van der Waals surface area contributed by atoms with E-state index < -0.39 is 24.1 Å². The van der Waals surface area contributed by atoms with Crippen LogP contribution in [0.3, 0.4) is 0 Å². The van der Waals surface area contributed by atoms with Gasteiger partial charge in [-0.3, -0.25) is 14.4 Å². The Balaban J connectivity index is 1.56. The topological polar surface area (TPSA) is 123 Å². The van der Waals surface area contributed by atoms with Crippen LogP contribution in [0.4, 0.5) is 5.69 Å². The maximum atomic E-state index is 13.7. The second-order valence-corrected chi connectivity index (χ2v) is 11.5. The molecule has 0 saturated carbocycles. The number of aliphatic hydroxyl groups is 1. The number of piperazine rings is 1. The van der Waals surface area contributed by atoms with Gasteiger partial charge in [0, 0.05) is 43.5 Å². The Bertz CT molecular complexity index is 1380. The summed E-state index contributed by atoms with van der Waals surface area (Å²) in [4.78, 5) is 42.1. The molecule has 1 fully saturated rings. The van der Waals surface area contributed by atoms with Crippen LogP contribution in [0.2, 0.25) is 0 Å². The highest BCUT2D eigenvalue weighted by Gasteiger charge is 2.38. The number of amides is 3. The Kier molecular flexibility index (Phi) is 10.9. The summed E-state index contributed by atoms with van der Waals surface area (Å²) in [6.07, 6.45) is -0.870. The van der Waals surface area contributed by atoms with E-state index in [1.54, 1.807) is 30.1 Å². The summed E-state index contributed by atoms with van der Waals surface area (Å²) < 4.78 is 0. The molecule has 43 heavy (non-hydrogen) atoms.